The third kappa shape index (κ3) is 1.40. The van der Waals surface area contributed by atoms with Gasteiger partial charge >= 0.3 is 0 Å². The lowest BCUT2D eigenvalue weighted by molar-refractivity contribution is 0.174. The normalized spacial score (nSPS) is 13.5. The summed E-state index contributed by atoms with van der Waals surface area (Å²) in [5.74, 6) is 1.40. The van der Waals surface area contributed by atoms with Crippen molar-refractivity contribution in [3.63, 3.8) is 0 Å². The molecule has 0 spiro atoms. The molecule has 0 bridgehead atoms. The monoisotopic (exact) mass is 175 g/mol. The summed E-state index contributed by atoms with van der Waals surface area (Å²) >= 11 is 0. The number of para-hydroxylation sites is 1. The van der Waals surface area contributed by atoms with Crippen molar-refractivity contribution in [1.29, 1.82) is 0 Å². The molecule has 1 heterocycles. The topological polar surface area (TPSA) is 35.5 Å². The number of ether oxygens (including phenoxy) is 2. The summed E-state index contributed by atoms with van der Waals surface area (Å²) < 4.78 is 10.4. The third-order valence-corrected chi connectivity index (χ3v) is 1.76. The number of benzene rings is 1. The third-order valence-electron chi connectivity index (χ3n) is 1.76. The van der Waals surface area contributed by atoms with Crippen molar-refractivity contribution in [2.45, 2.75) is 0 Å². The molecule has 3 heteroatoms. The first-order valence-corrected chi connectivity index (χ1v) is 3.84. The fraction of sp³-hybridized carbons (Fsp3) is 0.100. The maximum absolute atomic E-state index is 9.99. The van der Waals surface area contributed by atoms with Gasteiger partial charge in [-0.1, -0.05) is 12.1 Å². The van der Waals surface area contributed by atoms with Gasteiger partial charge in [-0.2, -0.15) is 0 Å². The number of rotatable bonds is 2. The Morgan fingerprint density at radius 1 is 1.38 bits per heavy atom. The standard InChI is InChI=1S/C10H7O3/c11-6-2-4-8-3-1-5-9-10(8)13-7-12-9/h1-5H,7H2/b4-2+. The van der Waals surface area contributed by atoms with Gasteiger partial charge in [0.25, 0.3) is 0 Å². The van der Waals surface area contributed by atoms with Crippen molar-refractivity contribution in [3.8, 4) is 11.5 Å². The van der Waals surface area contributed by atoms with E-state index in [1.807, 2.05) is 18.2 Å². The van der Waals surface area contributed by atoms with Crippen molar-refractivity contribution in [3.05, 3.63) is 29.8 Å². The Hall–Kier alpha value is -1.77. The molecule has 1 radical (unpaired) electrons. The van der Waals surface area contributed by atoms with Crippen molar-refractivity contribution in [2.24, 2.45) is 0 Å². The second-order valence-electron chi connectivity index (χ2n) is 2.53. The number of hydrogen-bond donors (Lipinski definition) is 0. The smallest absolute Gasteiger partial charge is 0.231 e. The highest BCUT2D eigenvalue weighted by atomic mass is 16.7. The van der Waals surface area contributed by atoms with Crippen LogP contribution < -0.4 is 9.47 Å². The van der Waals surface area contributed by atoms with Gasteiger partial charge in [-0.05, 0) is 18.2 Å². The SMILES string of the molecule is O=[C]/C=C/c1cccc2c1OCO2. The molecule has 3 nitrogen and oxygen atoms in total. The first kappa shape index (κ1) is 7.86. The van der Waals surface area contributed by atoms with Crippen LogP contribution in [0.4, 0.5) is 0 Å². The highest BCUT2D eigenvalue weighted by molar-refractivity contribution is 5.76. The van der Waals surface area contributed by atoms with Crippen LogP contribution in [0.5, 0.6) is 11.5 Å². The number of carbonyl (C=O) groups excluding carboxylic acids is 1. The molecule has 0 atom stereocenters. The lowest BCUT2D eigenvalue weighted by Gasteiger charge is -1.98. The van der Waals surface area contributed by atoms with Crippen LogP contribution >= 0.6 is 0 Å². The van der Waals surface area contributed by atoms with Crippen molar-refractivity contribution < 1.29 is 14.3 Å². The van der Waals surface area contributed by atoms with E-state index in [1.54, 1.807) is 12.4 Å². The summed E-state index contributed by atoms with van der Waals surface area (Å²) in [7, 11) is 0. The molecule has 0 saturated heterocycles. The molecule has 13 heavy (non-hydrogen) atoms. The zero-order valence-corrected chi connectivity index (χ0v) is 6.82. The summed E-state index contributed by atoms with van der Waals surface area (Å²) in [6.07, 6.45) is 4.62. The van der Waals surface area contributed by atoms with Crippen molar-refractivity contribution >= 4 is 12.4 Å². The van der Waals surface area contributed by atoms with Crippen LogP contribution in [0.1, 0.15) is 5.56 Å². The van der Waals surface area contributed by atoms with Gasteiger partial charge in [-0.3, -0.25) is 4.79 Å². The molecule has 0 amide bonds. The van der Waals surface area contributed by atoms with Gasteiger partial charge < -0.3 is 9.47 Å². The van der Waals surface area contributed by atoms with Crippen LogP contribution in [-0.4, -0.2) is 13.1 Å². The lowest BCUT2D eigenvalue weighted by atomic mass is 10.2. The van der Waals surface area contributed by atoms with E-state index < -0.39 is 0 Å². The average molecular weight is 175 g/mol. The van der Waals surface area contributed by atoms with E-state index in [-0.39, 0.29) is 6.79 Å². The molecular formula is C10H7O3. The van der Waals surface area contributed by atoms with E-state index in [0.717, 1.165) is 5.56 Å². The molecule has 1 aromatic rings. The van der Waals surface area contributed by atoms with Gasteiger partial charge in [0.1, 0.15) is 0 Å². The minimum Gasteiger partial charge on any atom is -0.454 e. The molecule has 2 rings (SSSR count). The number of allylic oxidation sites excluding steroid dienone is 1. The van der Waals surface area contributed by atoms with E-state index >= 15 is 0 Å². The first-order chi connectivity index (χ1) is 6.42. The molecular weight excluding hydrogens is 168 g/mol. The molecule has 0 unspecified atom stereocenters. The van der Waals surface area contributed by atoms with Crippen LogP contribution in [-0.2, 0) is 4.79 Å². The molecule has 65 valence electrons. The van der Waals surface area contributed by atoms with Gasteiger partial charge in [0.2, 0.25) is 13.1 Å². The lowest BCUT2D eigenvalue weighted by Crippen LogP contribution is -1.93. The summed E-state index contributed by atoms with van der Waals surface area (Å²) in [6.45, 7) is 0.241. The summed E-state index contributed by atoms with van der Waals surface area (Å²) in [5, 5.41) is 0. The van der Waals surface area contributed by atoms with Crippen molar-refractivity contribution in [2.75, 3.05) is 6.79 Å². The predicted octanol–water partition coefficient (Wildman–Crippen LogP) is 1.54. The van der Waals surface area contributed by atoms with Gasteiger partial charge in [-0.25, -0.2) is 0 Å². The zero-order chi connectivity index (χ0) is 9.10. The summed E-state index contributed by atoms with van der Waals surface area (Å²) in [6, 6.07) is 5.52. The van der Waals surface area contributed by atoms with Crippen LogP contribution in [0.25, 0.3) is 6.08 Å². The fourth-order valence-electron chi connectivity index (χ4n) is 1.21. The van der Waals surface area contributed by atoms with Gasteiger partial charge in [0.15, 0.2) is 11.5 Å². The average Bonchev–Trinajstić information content (AvgIpc) is 2.62. The maximum Gasteiger partial charge on any atom is 0.231 e. The summed E-state index contributed by atoms with van der Waals surface area (Å²) in [5.41, 5.74) is 0.832. The van der Waals surface area contributed by atoms with E-state index in [1.165, 1.54) is 6.08 Å². The maximum atomic E-state index is 9.99. The molecule has 1 aliphatic rings. The Balaban J connectivity index is 2.41. The second kappa shape index (κ2) is 3.31. The van der Waals surface area contributed by atoms with Crippen LogP contribution in [0.3, 0.4) is 0 Å². The zero-order valence-electron chi connectivity index (χ0n) is 6.82. The van der Waals surface area contributed by atoms with Gasteiger partial charge in [-0.15, -0.1) is 0 Å². The molecule has 0 saturated carbocycles. The Labute approximate surface area is 75.6 Å². The van der Waals surface area contributed by atoms with E-state index in [0.29, 0.717) is 11.5 Å². The van der Waals surface area contributed by atoms with E-state index in [9.17, 15) is 4.79 Å². The summed E-state index contributed by atoms with van der Waals surface area (Å²) in [4.78, 5) is 9.99. The Morgan fingerprint density at radius 2 is 2.31 bits per heavy atom. The molecule has 1 aliphatic heterocycles. The largest absolute Gasteiger partial charge is 0.454 e. The van der Waals surface area contributed by atoms with E-state index in [2.05, 4.69) is 0 Å². The Morgan fingerprint density at radius 3 is 3.15 bits per heavy atom. The van der Waals surface area contributed by atoms with Crippen LogP contribution in [0.2, 0.25) is 0 Å². The number of hydrogen-bond acceptors (Lipinski definition) is 3. The van der Waals surface area contributed by atoms with Crippen molar-refractivity contribution in [1.82, 2.24) is 0 Å². The molecule has 0 fully saturated rings. The fourth-order valence-corrected chi connectivity index (χ4v) is 1.21. The quantitative estimate of drug-likeness (QED) is 0.639. The van der Waals surface area contributed by atoms with Crippen LogP contribution in [0, 0.1) is 0 Å². The van der Waals surface area contributed by atoms with Gasteiger partial charge in [0.05, 0.1) is 0 Å². The van der Waals surface area contributed by atoms with E-state index in [4.69, 9.17) is 9.47 Å². The first-order valence-electron chi connectivity index (χ1n) is 3.84. The Kier molecular flexibility index (Phi) is 2.00. The molecule has 0 N–H and O–H groups in total. The molecule has 0 aromatic heterocycles. The molecule has 0 aliphatic carbocycles. The molecule has 1 aromatic carbocycles. The number of fused-ring (bicyclic) bond motifs is 1. The highest BCUT2D eigenvalue weighted by Gasteiger charge is 2.14. The van der Waals surface area contributed by atoms with Crippen LogP contribution in [0.15, 0.2) is 24.3 Å². The highest BCUT2D eigenvalue weighted by Crippen LogP contribution is 2.35. The second-order valence-corrected chi connectivity index (χ2v) is 2.53. The minimum absolute atomic E-state index is 0.241. The Bertz CT molecular complexity index is 355. The predicted molar refractivity (Wildman–Crippen MR) is 47.3 cm³/mol. The van der Waals surface area contributed by atoms with Gasteiger partial charge in [0, 0.05) is 5.56 Å². The minimum atomic E-state index is 0.241.